The van der Waals surface area contributed by atoms with Crippen molar-refractivity contribution in [3.63, 3.8) is 0 Å². The summed E-state index contributed by atoms with van der Waals surface area (Å²) in [6.07, 6.45) is 3.85. The minimum atomic E-state index is -2.62. The van der Waals surface area contributed by atoms with Crippen LogP contribution in [0.25, 0.3) is 0 Å². The van der Waals surface area contributed by atoms with Gasteiger partial charge in [0, 0.05) is 30.1 Å². The van der Waals surface area contributed by atoms with Gasteiger partial charge in [0.1, 0.15) is 19.0 Å². The third kappa shape index (κ3) is 9.20. The molecule has 10 nitrogen and oxygen atoms in total. The molecule has 4 aromatic rings. The Bertz CT molecular complexity index is 1670. The second-order valence-electron chi connectivity index (χ2n) is 9.67. The van der Waals surface area contributed by atoms with Crippen molar-refractivity contribution in [2.24, 2.45) is 9.74 Å². The van der Waals surface area contributed by atoms with E-state index >= 15 is 0 Å². The number of aryl methyl sites for hydroxylation is 1. The Morgan fingerprint density at radius 1 is 1.05 bits per heavy atom. The van der Waals surface area contributed by atoms with Gasteiger partial charge in [-0.15, -0.1) is 0 Å². The van der Waals surface area contributed by atoms with E-state index in [1.54, 1.807) is 55.7 Å². The Kier molecular flexibility index (Phi) is 11.5. The van der Waals surface area contributed by atoms with E-state index in [9.17, 15) is 14.8 Å². The molecule has 1 aromatic heterocycles. The van der Waals surface area contributed by atoms with Crippen molar-refractivity contribution >= 4 is 20.4 Å². The number of aliphatic imine (C=N–C) groups is 1. The first-order valence-corrected chi connectivity index (χ1v) is 14.9. The highest BCUT2D eigenvalue weighted by molar-refractivity contribution is 7.34. The van der Waals surface area contributed by atoms with Gasteiger partial charge in [-0.3, -0.25) is 14.5 Å². The number of aromatic hydroxyl groups is 1. The first-order valence-electron chi connectivity index (χ1n) is 13.8. The van der Waals surface area contributed by atoms with Gasteiger partial charge in [-0.1, -0.05) is 59.3 Å². The van der Waals surface area contributed by atoms with Crippen molar-refractivity contribution in [3.05, 3.63) is 119 Å². The zero-order chi connectivity index (χ0) is 31.3. The number of aromatic nitrogens is 1. The Morgan fingerprint density at radius 3 is 2.48 bits per heavy atom. The van der Waals surface area contributed by atoms with E-state index in [-0.39, 0.29) is 30.5 Å². The van der Waals surface area contributed by atoms with Gasteiger partial charge in [-0.2, -0.15) is 5.26 Å². The van der Waals surface area contributed by atoms with Crippen molar-refractivity contribution in [2.45, 2.75) is 39.5 Å². The lowest BCUT2D eigenvalue weighted by molar-refractivity contribution is -0.169. The van der Waals surface area contributed by atoms with Crippen LogP contribution in [0.2, 0.25) is 0 Å². The number of nitrogens with zero attached hydrogens (tertiary/aromatic N) is 4. The van der Waals surface area contributed by atoms with Gasteiger partial charge < -0.3 is 19.5 Å². The number of nitriles is 1. The molecule has 0 radical (unpaired) electrons. The Balaban J connectivity index is 1.38. The fourth-order valence-electron chi connectivity index (χ4n) is 3.95. The summed E-state index contributed by atoms with van der Waals surface area (Å²) in [5, 5.41) is 19.7. The summed E-state index contributed by atoms with van der Waals surface area (Å²) in [7, 11) is -2.62. The van der Waals surface area contributed by atoms with Gasteiger partial charge >= 0.3 is 14.1 Å². The number of pyridine rings is 1. The van der Waals surface area contributed by atoms with Crippen LogP contribution >= 0.6 is 8.17 Å². The maximum atomic E-state index is 12.7. The first-order chi connectivity index (χ1) is 21.3. The molecule has 1 heterocycles. The molecule has 0 bridgehead atoms. The van der Waals surface area contributed by atoms with Crippen molar-refractivity contribution in [1.82, 2.24) is 4.98 Å². The molecule has 2 atom stereocenters. The molecule has 0 amide bonds. The van der Waals surface area contributed by atoms with Gasteiger partial charge in [-0.05, 0) is 55.7 Å². The van der Waals surface area contributed by atoms with Gasteiger partial charge in [-0.25, -0.2) is 4.79 Å². The van der Waals surface area contributed by atoms with Crippen LogP contribution in [0.1, 0.15) is 40.4 Å². The van der Waals surface area contributed by atoms with Crippen LogP contribution in [-0.4, -0.2) is 34.9 Å². The summed E-state index contributed by atoms with van der Waals surface area (Å²) >= 11 is 0. The van der Waals surface area contributed by atoms with Gasteiger partial charge in [0.15, 0.2) is 11.8 Å². The lowest BCUT2D eigenvalue weighted by atomic mass is 10.1. The van der Waals surface area contributed by atoms with E-state index < -0.39 is 20.2 Å². The molecule has 1 unspecified atom stereocenters. The molecule has 11 heteroatoms. The predicted octanol–water partition coefficient (Wildman–Crippen LogP) is 5.57. The third-order valence-electron chi connectivity index (χ3n) is 6.43. The molecule has 44 heavy (non-hydrogen) atoms. The number of carbonyl (C=O) groups is 1. The third-order valence-corrected chi connectivity index (χ3v) is 7.32. The second-order valence-corrected chi connectivity index (χ2v) is 10.6. The lowest BCUT2D eigenvalue weighted by Crippen LogP contribution is -2.18. The number of hydrogen-bond acceptors (Lipinski definition) is 10. The number of esters is 1. The van der Waals surface area contributed by atoms with E-state index in [4.69, 9.17) is 19.3 Å². The molecular weight excluding hydrogens is 579 g/mol. The SMILES string of the molecule is Cc1ncc(COc2ccccc2O[P+]([O-])=N[C@@H](C)C(=O)OCc2ccccc2)c(C=NCCc2ccc(C#N)cc2)c1O. The van der Waals surface area contributed by atoms with Gasteiger partial charge in [0.05, 0.1) is 17.3 Å². The molecule has 224 valence electrons. The summed E-state index contributed by atoms with van der Waals surface area (Å²) in [6, 6.07) is 24.2. The van der Waals surface area contributed by atoms with Crippen LogP contribution in [0, 0.1) is 18.3 Å². The Hall–Kier alpha value is -5.10. The highest BCUT2D eigenvalue weighted by atomic mass is 31.1. The first kappa shape index (κ1) is 31.8. The van der Waals surface area contributed by atoms with E-state index in [0.717, 1.165) is 11.1 Å². The van der Waals surface area contributed by atoms with Crippen LogP contribution in [0.4, 0.5) is 0 Å². The van der Waals surface area contributed by atoms with E-state index in [0.29, 0.717) is 35.3 Å². The monoisotopic (exact) mass is 610 g/mol. The average molecular weight is 611 g/mol. The zero-order valence-corrected chi connectivity index (χ0v) is 25.2. The van der Waals surface area contributed by atoms with E-state index in [2.05, 4.69) is 20.8 Å². The summed E-state index contributed by atoms with van der Waals surface area (Å²) < 4.78 is 20.7. The largest absolute Gasteiger partial charge is 0.575 e. The van der Waals surface area contributed by atoms with E-state index in [1.165, 1.54) is 6.92 Å². The summed E-state index contributed by atoms with van der Waals surface area (Å²) in [5.74, 6) is -0.172. The van der Waals surface area contributed by atoms with Crippen molar-refractivity contribution in [1.29, 1.82) is 5.26 Å². The molecule has 1 N–H and O–H groups in total. The summed E-state index contributed by atoms with van der Waals surface area (Å²) in [5.41, 5.74) is 3.96. The highest BCUT2D eigenvalue weighted by Gasteiger charge is 2.20. The standard InChI is InChI=1S/C33H31N4O6P/c1-23-32(38)29(20-35-17-16-25-12-14-26(18-34)15-13-25)28(19-36-23)22-41-30-10-6-7-11-31(30)43-44(40)37-24(2)33(39)42-21-27-8-4-3-5-9-27/h3-15,19-20,24,38H,16-17,21-22H2,1-2H3/t24-/m0/s1. The predicted molar refractivity (Wildman–Crippen MR) is 164 cm³/mol. The molecule has 0 saturated carbocycles. The Labute approximate surface area is 256 Å². The highest BCUT2D eigenvalue weighted by Crippen LogP contribution is 2.34. The number of hydrogen-bond donors (Lipinski definition) is 1. The minimum absolute atomic E-state index is 0.00669. The molecule has 0 aliphatic heterocycles. The number of benzene rings is 3. The topological polar surface area (TPSA) is 149 Å². The van der Waals surface area contributed by atoms with Crippen molar-refractivity contribution < 1.29 is 28.8 Å². The van der Waals surface area contributed by atoms with Crippen LogP contribution < -0.4 is 14.2 Å². The van der Waals surface area contributed by atoms with Gasteiger partial charge in [0.25, 0.3) is 0 Å². The number of rotatable bonds is 13. The quantitative estimate of drug-likeness (QED) is 0.117. The fourth-order valence-corrected chi connectivity index (χ4v) is 4.70. The van der Waals surface area contributed by atoms with Crippen molar-refractivity contribution in [2.75, 3.05) is 6.54 Å². The number of para-hydroxylation sites is 2. The molecule has 3 aromatic carbocycles. The number of ether oxygens (including phenoxy) is 2. The molecule has 0 aliphatic rings. The molecule has 0 fully saturated rings. The second kappa shape index (κ2) is 15.9. The van der Waals surface area contributed by atoms with Crippen LogP contribution in [0.5, 0.6) is 17.2 Å². The fraction of sp³-hybridized carbons (Fsp3) is 0.212. The van der Waals surface area contributed by atoms with Crippen LogP contribution in [0.3, 0.4) is 0 Å². The molecule has 4 rings (SSSR count). The molecule has 0 aliphatic carbocycles. The minimum Gasteiger partial charge on any atom is -0.575 e. The normalized spacial score (nSPS) is 12.0. The molecule has 0 saturated heterocycles. The average Bonchev–Trinajstić information content (AvgIpc) is 3.04. The molecule has 0 spiro atoms. The van der Waals surface area contributed by atoms with E-state index in [1.807, 2.05) is 42.5 Å². The summed E-state index contributed by atoms with van der Waals surface area (Å²) in [4.78, 5) is 33.7. The Morgan fingerprint density at radius 2 is 1.75 bits per heavy atom. The smallest absolute Gasteiger partial charge is 0.395 e. The number of carbonyl (C=O) groups excluding carboxylic acids is 1. The van der Waals surface area contributed by atoms with Gasteiger partial charge in [0.2, 0.25) is 5.75 Å². The van der Waals surface area contributed by atoms with Crippen molar-refractivity contribution in [3.8, 4) is 23.3 Å². The zero-order valence-electron chi connectivity index (χ0n) is 24.3. The lowest BCUT2D eigenvalue weighted by Gasteiger charge is -2.12. The summed E-state index contributed by atoms with van der Waals surface area (Å²) in [6.45, 7) is 3.74. The maximum Gasteiger partial charge on any atom is 0.395 e. The maximum absolute atomic E-state index is 12.7. The van der Waals surface area contributed by atoms with Crippen LogP contribution in [0.15, 0.2) is 94.8 Å². The molecular formula is C33H31N4O6P. The van der Waals surface area contributed by atoms with Crippen LogP contribution in [-0.2, 0) is 29.2 Å².